The number of rotatable bonds is 9. The molecule has 29 heavy (non-hydrogen) atoms. The Morgan fingerprint density at radius 1 is 1.34 bits per heavy atom. The Hall–Kier alpha value is -2.59. The zero-order valence-electron chi connectivity index (χ0n) is 15.5. The second-order valence-electron chi connectivity index (χ2n) is 5.89. The van der Waals surface area contributed by atoms with Gasteiger partial charge in [0.15, 0.2) is 0 Å². The number of halogens is 2. The van der Waals surface area contributed by atoms with Crippen LogP contribution < -0.4 is 16.0 Å². The van der Waals surface area contributed by atoms with Gasteiger partial charge in [0, 0.05) is 32.0 Å². The molecule has 3 N–H and O–H groups in total. The van der Waals surface area contributed by atoms with Crippen LogP contribution in [-0.2, 0) is 9.53 Å². The summed E-state index contributed by atoms with van der Waals surface area (Å²) in [7, 11) is 1.64. The van der Waals surface area contributed by atoms with E-state index in [0.717, 1.165) is 5.39 Å². The molecule has 0 saturated heterocycles. The topological polar surface area (TPSA) is 88.2 Å². The van der Waals surface area contributed by atoms with Gasteiger partial charge in [-0.2, -0.15) is 0 Å². The lowest BCUT2D eigenvalue weighted by Crippen LogP contribution is -2.19. The number of amides is 1. The Morgan fingerprint density at radius 2 is 2.21 bits per heavy atom. The van der Waals surface area contributed by atoms with E-state index in [2.05, 4.69) is 25.9 Å². The molecule has 0 aliphatic heterocycles. The van der Waals surface area contributed by atoms with Gasteiger partial charge in [0.2, 0.25) is 5.91 Å². The summed E-state index contributed by atoms with van der Waals surface area (Å²) in [6.07, 6.45) is 4.63. The van der Waals surface area contributed by atoms with Crippen LogP contribution in [0.1, 0.15) is 0 Å². The van der Waals surface area contributed by atoms with E-state index < -0.39 is 5.82 Å². The average molecular weight is 436 g/mol. The Labute approximate surface area is 176 Å². The SMILES string of the molecule is COCCNC/C=C/C(=O)Nc1cc2c(Nc3ccc(F)c(Cl)c3)ncnc2s1. The minimum atomic E-state index is -0.493. The minimum Gasteiger partial charge on any atom is -0.383 e. The number of nitrogens with zero attached hydrogens (tertiary/aromatic N) is 2. The molecule has 0 unspecified atom stereocenters. The number of benzene rings is 1. The Balaban J connectivity index is 1.67. The normalized spacial score (nSPS) is 11.3. The van der Waals surface area contributed by atoms with Crippen LogP contribution in [0.2, 0.25) is 5.02 Å². The third-order valence-corrected chi connectivity index (χ3v) is 5.02. The van der Waals surface area contributed by atoms with E-state index >= 15 is 0 Å². The van der Waals surface area contributed by atoms with Crippen molar-refractivity contribution in [2.24, 2.45) is 0 Å². The van der Waals surface area contributed by atoms with Crippen molar-refractivity contribution < 1.29 is 13.9 Å². The Morgan fingerprint density at radius 3 is 3.00 bits per heavy atom. The summed E-state index contributed by atoms with van der Waals surface area (Å²) < 4.78 is 18.3. The van der Waals surface area contributed by atoms with Gasteiger partial charge in [-0.25, -0.2) is 14.4 Å². The molecule has 0 radical (unpaired) electrons. The zero-order valence-corrected chi connectivity index (χ0v) is 17.1. The predicted molar refractivity (Wildman–Crippen MR) is 115 cm³/mol. The smallest absolute Gasteiger partial charge is 0.248 e. The highest BCUT2D eigenvalue weighted by molar-refractivity contribution is 7.22. The summed E-state index contributed by atoms with van der Waals surface area (Å²) in [5.74, 6) is -0.197. The fourth-order valence-electron chi connectivity index (χ4n) is 2.42. The first kappa shape index (κ1) is 21.1. The van der Waals surface area contributed by atoms with Crippen LogP contribution >= 0.6 is 22.9 Å². The molecule has 152 valence electrons. The minimum absolute atomic E-state index is 0.0158. The van der Waals surface area contributed by atoms with Crippen LogP contribution in [0.25, 0.3) is 10.2 Å². The van der Waals surface area contributed by atoms with Crippen LogP contribution in [0.15, 0.2) is 42.7 Å². The second kappa shape index (κ2) is 10.3. The van der Waals surface area contributed by atoms with Gasteiger partial charge in [0.1, 0.15) is 22.8 Å². The number of carbonyl (C=O) groups excluding carboxylic acids is 1. The van der Waals surface area contributed by atoms with E-state index in [1.165, 1.54) is 35.9 Å². The largest absolute Gasteiger partial charge is 0.383 e. The fraction of sp³-hybridized carbons (Fsp3) is 0.211. The van der Waals surface area contributed by atoms with E-state index in [1.54, 1.807) is 25.3 Å². The van der Waals surface area contributed by atoms with Gasteiger partial charge < -0.3 is 20.7 Å². The predicted octanol–water partition coefficient (Wildman–Crippen LogP) is 3.96. The van der Waals surface area contributed by atoms with Gasteiger partial charge in [0.05, 0.1) is 22.0 Å². The van der Waals surface area contributed by atoms with Crippen molar-refractivity contribution in [1.82, 2.24) is 15.3 Å². The van der Waals surface area contributed by atoms with Crippen LogP contribution in [0, 0.1) is 5.82 Å². The molecule has 3 aromatic rings. The number of hydrogen-bond donors (Lipinski definition) is 3. The molecule has 3 rings (SSSR count). The summed E-state index contributed by atoms with van der Waals surface area (Å²) >= 11 is 7.16. The number of aromatic nitrogens is 2. The monoisotopic (exact) mass is 435 g/mol. The van der Waals surface area contributed by atoms with Gasteiger partial charge in [-0.15, -0.1) is 0 Å². The number of anilines is 3. The molecule has 10 heteroatoms. The molecule has 0 aliphatic rings. The van der Waals surface area contributed by atoms with Gasteiger partial charge in [-0.05, 0) is 24.3 Å². The van der Waals surface area contributed by atoms with Crippen LogP contribution in [0.5, 0.6) is 0 Å². The van der Waals surface area contributed by atoms with Crippen LogP contribution in [-0.4, -0.2) is 42.7 Å². The third-order valence-electron chi connectivity index (χ3n) is 3.77. The number of fused-ring (bicyclic) bond motifs is 1. The van der Waals surface area contributed by atoms with Crippen LogP contribution in [0.4, 0.5) is 20.9 Å². The highest BCUT2D eigenvalue weighted by Gasteiger charge is 2.11. The molecule has 7 nitrogen and oxygen atoms in total. The van der Waals surface area contributed by atoms with Crippen molar-refractivity contribution in [3.8, 4) is 0 Å². The standard InChI is InChI=1S/C19H19ClFN5O2S/c1-28-8-7-22-6-2-3-16(27)26-17-10-13-18(23-11-24-19(13)29-17)25-12-4-5-15(21)14(20)9-12/h2-5,9-11,22H,6-8H2,1H3,(H,26,27)(H,23,24,25)/b3-2+. The summed E-state index contributed by atoms with van der Waals surface area (Å²) in [6.45, 7) is 1.90. The summed E-state index contributed by atoms with van der Waals surface area (Å²) in [5.41, 5.74) is 0.595. The summed E-state index contributed by atoms with van der Waals surface area (Å²) in [4.78, 5) is 21.3. The molecule has 0 atom stereocenters. The fourth-order valence-corrected chi connectivity index (χ4v) is 3.50. The number of ether oxygens (including phenoxy) is 1. The number of methoxy groups -OCH3 is 1. The highest BCUT2D eigenvalue weighted by atomic mass is 35.5. The van der Waals surface area contributed by atoms with Crippen LogP contribution in [0.3, 0.4) is 0 Å². The van der Waals surface area contributed by atoms with E-state index in [1.807, 2.05) is 0 Å². The van der Waals surface area contributed by atoms with Gasteiger partial charge in [0.25, 0.3) is 0 Å². The van der Waals surface area contributed by atoms with Crippen molar-refractivity contribution in [2.45, 2.75) is 0 Å². The van der Waals surface area contributed by atoms with E-state index in [9.17, 15) is 9.18 Å². The number of nitrogens with one attached hydrogen (secondary N) is 3. The van der Waals surface area contributed by atoms with Gasteiger partial charge in [-0.1, -0.05) is 29.0 Å². The van der Waals surface area contributed by atoms with Crippen molar-refractivity contribution >= 4 is 55.6 Å². The quantitative estimate of drug-likeness (QED) is 0.348. The molecule has 1 aromatic carbocycles. The molecule has 0 fully saturated rings. The third kappa shape index (κ3) is 5.94. The van der Waals surface area contributed by atoms with Crippen molar-refractivity contribution in [1.29, 1.82) is 0 Å². The lowest BCUT2D eigenvalue weighted by molar-refractivity contribution is -0.111. The first-order chi connectivity index (χ1) is 14.1. The Kier molecular flexibility index (Phi) is 7.48. The maximum Gasteiger partial charge on any atom is 0.248 e. The molecular weight excluding hydrogens is 417 g/mol. The molecular formula is C19H19ClFN5O2S. The number of hydrogen-bond acceptors (Lipinski definition) is 7. The Bertz CT molecular complexity index is 1030. The molecule has 0 spiro atoms. The van der Waals surface area contributed by atoms with Crippen molar-refractivity contribution in [3.05, 3.63) is 53.6 Å². The lowest BCUT2D eigenvalue weighted by Gasteiger charge is -2.06. The average Bonchev–Trinajstić information content (AvgIpc) is 3.11. The number of carbonyl (C=O) groups is 1. The maximum absolute atomic E-state index is 13.3. The van der Waals surface area contributed by atoms with E-state index in [0.29, 0.717) is 41.0 Å². The molecule has 2 aromatic heterocycles. The summed E-state index contributed by atoms with van der Waals surface area (Å²) in [6, 6.07) is 6.11. The van der Waals surface area contributed by atoms with Gasteiger partial charge >= 0.3 is 0 Å². The maximum atomic E-state index is 13.3. The molecule has 1 amide bonds. The highest BCUT2D eigenvalue weighted by Crippen LogP contribution is 2.33. The molecule has 2 heterocycles. The zero-order chi connectivity index (χ0) is 20.6. The molecule has 0 bridgehead atoms. The second-order valence-corrected chi connectivity index (χ2v) is 7.33. The van der Waals surface area contributed by atoms with E-state index in [-0.39, 0.29) is 10.9 Å². The number of thiophene rings is 1. The van der Waals surface area contributed by atoms with Crippen molar-refractivity contribution in [3.63, 3.8) is 0 Å². The first-order valence-corrected chi connectivity index (χ1v) is 9.90. The molecule has 0 aliphatic carbocycles. The van der Waals surface area contributed by atoms with Gasteiger partial charge in [-0.3, -0.25) is 4.79 Å². The summed E-state index contributed by atoms with van der Waals surface area (Å²) in [5, 5.41) is 10.4. The van der Waals surface area contributed by atoms with E-state index in [4.69, 9.17) is 16.3 Å². The molecule has 0 saturated carbocycles. The van der Waals surface area contributed by atoms with Crippen molar-refractivity contribution in [2.75, 3.05) is 37.4 Å². The first-order valence-electron chi connectivity index (χ1n) is 8.70. The lowest BCUT2D eigenvalue weighted by atomic mass is 10.3.